The summed E-state index contributed by atoms with van der Waals surface area (Å²) in [6, 6.07) is 10.2. The molecule has 0 fully saturated rings. The van der Waals surface area contributed by atoms with Gasteiger partial charge in [-0.05, 0) is 48.9 Å². The van der Waals surface area contributed by atoms with Crippen molar-refractivity contribution in [2.75, 3.05) is 18.2 Å². The van der Waals surface area contributed by atoms with E-state index in [9.17, 15) is 4.79 Å². The van der Waals surface area contributed by atoms with E-state index in [4.69, 9.17) is 22.1 Å². The number of amides is 1. The molecule has 0 bridgehead atoms. The first kappa shape index (κ1) is 14.2. The maximum absolute atomic E-state index is 12.2. The molecule has 0 aromatic heterocycles. The molecule has 104 valence electrons. The van der Waals surface area contributed by atoms with Crippen molar-refractivity contribution >= 4 is 28.9 Å². The minimum atomic E-state index is -0.205. The van der Waals surface area contributed by atoms with Gasteiger partial charge in [0.1, 0.15) is 5.75 Å². The SMILES string of the molecule is COc1ccc(NC(=O)c2ccc(N)cc2C)cc1Cl. The molecule has 0 aliphatic rings. The van der Waals surface area contributed by atoms with E-state index in [1.807, 2.05) is 6.92 Å². The molecular formula is C15H15ClN2O2. The van der Waals surface area contributed by atoms with Crippen molar-refractivity contribution in [1.29, 1.82) is 0 Å². The van der Waals surface area contributed by atoms with Crippen LogP contribution >= 0.6 is 11.6 Å². The average Bonchev–Trinajstić information content (AvgIpc) is 2.38. The highest BCUT2D eigenvalue weighted by molar-refractivity contribution is 6.32. The van der Waals surface area contributed by atoms with Crippen molar-refractivity contribution in [3.63, 3.8) is 0 Å². The Morgan fingerprint density at radius 3 is 2.60 bits per heavy atom. The molecule has 2 aromatic rings. The van der Waals surface area contributed by atoms with Crippen LogP contribution in [-0.4, -0.2) is 13.0 Å². The smallest absolute Gasteiger partial charge is 0.255 e. The molecule has 0 heterocycles. The lowest BCUT2D eigenvalue weighted by molar-refractivity contribution is 0.102. The molecule has 5 heteroatoms. The van der Waals surface area contributed by atoms with E-state index in [2.05, 4.69) is 5.32 Å². The molecule has 0 aliphatic carbocycles. The van der Waals surface area contributed by atoms with E-state index in [0.717, 1.165) is 5.56 Å². The first-order valence-corrected chi connectivity index (χ1v) is 6.40. The van der Waals surface area contributed by atoms with Crippen LogP contribution in [0.3, 0.4) is 0 Å². The average molecular weight is 291 g/mol. The zero-order valence-corrected chi connectivity index (χ0v) is 12.0. The quantitative estimate of drug-likeness (QED) is 0.851. The Labute approximate surface area is 122 Å². The summed E-state index contributed by atoms with van der Waals surface area (Å²) < 4.78 is 5.06. The highest BCUT2D eigenvalue weighted by atomic mass is 35.5. The lowest BCUT2D eigenvalue weighted by Gasteiger charge is -2.10. The van der Waals surface area contributed by atoms with Gasteiger partial charge in [-0.2, -0.15) is 0 Å². The molecule has 20 heavy (non-hydrogen) atoms. The van der Waals surface area contributed by atoms with Gasteiger partial charge in [-0.25, -0.2) is 0 Å². The zero-order chi connectivity index (χ0) is 14.7. The number of methoxy groups -OCH3 is 1. The van der Waals surface area contributed by atoms with Gasteiger partial charge in [0.05, 0.1) is 12.1 Å². The predicted molar refractivity (Wildman–Crippen MR) is 81.5 cm³/mol. The van der Waals surface area contributed by atoms with Crippen LogP contribution in [0.5, 0.6) is 5.75 Å². The molecule has 4 nitrogen and oxygen atoms in total. The zero-order valence-electron chi connectivity index (χ0n) is 11.2. The maximum atomic E-state index is 12.2. The predicted octanol–water partition coefficient (Wildman–Crippen LogP) is 3.49. The number of halogens is 1. The number of carbonyl (C=O) groups excluding carboxylic acids is 1. The van der Waals surface area contributed by atoms with Crippen LogP contribution in [-0.2, 0) is 0 Å². The van der Waals surface area contributed by atoms with E-state index in [1.165, 1.54) is 7.11 Å². The number of aryl methyl sites for hydroxylation is 1. The second kappa shape index (κ2) is 5.84. The van der Waals surface area contributed by atoms with Crippen molar-refractivity contribution in [1.82, 2.24) is 0 Å². The van der Waals surface area contributed by atoms with Gasteiger partial charge in [0.15, 0.2) is 0 Å². The number of anilines is 2. The molecule has 2 rings (SSSR count). The first-order valence-electron chi connectivity index (χ1n) is 6.02. The summed E-state index contributed by atoms with van der Waals surface area (Å²) in [4.78, 5) is 12.2. The topological polar surface area (TPSA) is 64.3 Å². The number of nitrogen functional groups attached to an aromatic ring is 1. The van der Waals surface area contributed by atoms with Crippen LogP contribution in [0.4, 0.5) is 11.4 Å². The third kappa shape index (κ3) is 3.03. The third-order valence-corrected chi connectivity index (χ3v) is 3.20. The summed E-state index contributed by atoms with van der Waals surface area (Å²) in [5, 5.41) is 3.23. The number of hydrogen-bond donors (Lipinski definition) is 2. The number of hydrogen-bond acceptors (Lipinski definition) is 3. The van der Waals surface area contributed by atoms with Gasteiger partial charge in [0.2, 0.25) is 0 Å². The van der Waals surface area contributed by atoms with E-state index < -0.39 is 0 Å². The van der Waals surface area contributed by atoms with Crippen LogP contribution in [0.15, 0.2) is 36.4 Å². The number of nitrogens with two attached hydrogens (primary N) is 1. The van der Waals surface area contributed by atoms with Gasteiger partial charge in [0.25, 0.3) is 5.91 Å². The number of carbonyl (C=O) groups is 1. The lowest BCUT2D eigenvalue weighted by Crippen LogP contribution is -2.13. The first-order chi connectivity index (χ1) is 9.51. The molecule has 0 saturated carbocycles. The molecule has 1 amide bonds. The number of ether oxygens (including phenoxy) is 1. The molecule has 0 unspecified atom stereocenters. The summed E-state index contributed by atoms with van der Waals surface area (Å²) in [5.74, 6) is 0.358. The molecular weight excluding hydrogens is 276 g/mol. The summed E-state index contributed by atoms with van der Waals surface area (Å²) in [6.45, 7) is 1.84. The summed E-state index contributed by atoms with van der Waals surface area (Å²) in [5.41, 5.74) is 8.30. The van der Waals surface area contributed by atoms with Crippen molar-refractivity contribution in [3.05, 3.63) is 52.5 Å². The van der Waals surface area contributed by atoms with Crippen LogP contribution in [0.1, 0.15) is 15.9 Å². The normalized spacial score (nSPS) is 10.2. The Kier molecular flexibility index (Phi) is 4.15. The van der Waals surface area contributed by atoms with Gasteiger partial charge >= 0.3 is 0 Å². The summed E-state index contributed by atoms with van der Waals surface area (Å²) in [6.07, 6.45) is 0. The van der Waals surface area contributed by atoms with Crippen LogP contribution in [0, 0.1) is 6.92 Å². The van der Waals surface area contributed by atoms with Crippen LogP contribution in [0.25, 0.3) is 0 Å². The van der Waals surface area contributed by atoms with Gasteiger partial charge in [-0.15, -0.1) is 0 Å². The Hall–Kier alpha value is -2.20. The molecule has 2 aromatic carbocycles. The molecule has 0 atom stereocenters. The van der Waals surface area contributed by atoms with Crippen LogP contribution in [0.2, 0.25) is 5.02 Å². The lowest BCUT2D eigenvalue weighted by atomic mass is 10.1. The highest BCUT2D eigenvalue weighted by Gasteiger charge is 2.10. The van der Waals surface area contributed by atoms with Gasteiger partial charge in [-0.3, -0.25) is 4.79 Å². The largest absolute Gasteiger partial charge is 0.495 e. The van der Waals surface area contributed by atoms with E-state index in [-0.39, 0.29) is 5.91 Å². The standard InChI is InChI=1S/C15H15ClN2O2/c1-9-7-10(17)3-5-12(9)15(19)18-11-4-6-14(20-2)13(16)8-11/h3-8H,17H2,1-2H3,(H,18,19). The molecule has 0 radical (unpaired) electrons. The van der Waals surface area contributed by atoms with Crippen molar-refractivity contribution < 1.29 is 9.53 Å². The Balaban J connectivity index is 2.21. The summed E-state index contributed by atoms with van der Waals surface area (Å²) >= 11 is 6.02. The second-order valence-electron chi connectivity index (χ2n) is 4.38. The fourth-order valence-electron chi connectivity index (χ4n) is 1.88. The minimum Gasteiger partial charge on any atom is -0.495 e. The minimum absolute atomic E-state index is 0.205. The summed E-state index contributed by atoms with van der Waals surface area (Å²) in [7, 11) is 1.54. The fraction of sp³-hybridized carbons (Fsp3) is 0.133. The maximum Gasteiger partial charge on any atom is 0.255 e. The second-order valence-corrected chi connectivity index (χ2v) is 4.79. The molecule has 0 aliphatic heterocycles. The number of nitrogens with one attached hydrogen (secondary N) is 1. The van der Waals surface area contributed by atoms with E-state index >= 15 is 0 Å². The highest BCUT2D eigenvalue weighted by Crippen LogP contribution is 2.27. The van der Waals surface area contributed by atoms with Gasteiger partial charge < -0.3 is 15.8 Å². The van der Waals surface area contributed by atoms with Gasteiger partial charge in [0, 0.05) is 16.9 Å². The van der Waals surface area contributed by atoms with Crippen molar-refractivity contribution in [3.8, 4) is 5.75 Å². The number of benzene rings is 2. The molecule has 3 N–H and O–H groups in total. The van der Waals surface area contributed by atoms with E-state index in [0.29, 0.717) is 27.7 Å². The monoisotopic (exact) mass is 290 g/mol. The van der Waals surface area contributed by atoms with Crippen LogP contribution < -0.4 is 15.8 Å². The van der Waals surface area contributed by atoms with Crippen molar-refractivity contribution in [2.24, 2.45) is 0 Å². The van der Waals surface area contributed by atoms with E-state index in [1.54, 1.807) is 36.4 Å². The van der Waals surface area contributed by atoms with Gasteiger partial charge in [-0.1, -0.05) is 11.6 Å². The Bertz CT molecular complexity index is 656. The molecule has 0 spiro atoms. The van der Waals surface area contributed by atoms with Crippen molar-refractivity contribution in [2.45, 2.75) is 6.92 Å². The molecule has 0 saturated heterocycles. The fourth-order valence-corrected chi connectivity index (χ4v) is 2.14. The third-order valence-electron chi connectivity index (χ3n) is 2.90. The Morgan fingerprint density at radius 1 is 1.25 bits per heavy atom. The number of rotatable bonds is 3. The Morgan fingerprint density at radius 2 is 2.00 bits per heavy atom.